The molecule has 1 aromatic rings. The van der Waals surface area contributed by atoms with Crippen molar-refractivity contribution in [2.45, 2.75) is 51.3 Å². The van der Waals surface area contributed by atoms with Gasteiger partial charge in [-0.25, -0.2) is 0 Å². The Morgan fingerprint density at radius 3 is 2.78 bits per heavy atom. The van der Waals surface area contributed by atoms with Crippen LogP contribution in [0.1, 0.15) is 44.7 Å². The topological polar surface area (TPSA) is 21.3 Å². The molecule has 0 bridgehead atoms. The van der Waals surface area contributed by atoms with Crippen molar-refractivity contribution < 1.29 is 4.74 Å². The molecule has 1 aliphatic rings. The van der Waals surface area contributed by atoms with Gasteiger partial charge in [0.25, 0.3) is 0 Å². The largest absolute Gasteiger partial charge is 0.378 e. The highest BCUT2D eigenvalue weighted by Crippen LogP contribution is 2.28. The highest BCUT2D eigenvalue weighted by atomic mass is 35.5. The summed E-state index contributed by atoms with van der Waals surface area (Å²) in [5.74, 6) is 0. The molecule has 0 heterocycles. The third-order valence-corrected chi connectivity index (χ3v) is 3.83. The van der Waals surface area contributed by atoms with Crippen molar-refractivity contribution in [3.05, 3.63) is 34.9 Å². The molecule has 1 fully saturated rings. The van der Waals surface area contributed by atoms with Gasteiger partial charge in [0.2, 0.25) is 0 Å². The molecule has 2 nitrogen and oxygen atoms in total. The maximum Gasteiger partial charge on any atom is 0.0604 e. The minimum atomic E-state index is 0.399. The smallest absolute Gasteiger partial charge is 0.0604 e. The molecular weight excluding hydrogens is 246 g/mol. The fraction of sp³-hybridized carbons (Fsp3) is 0.600. The number of hydrogen-bond acceptors (Lipinski definition) is 2. The fourth-order valence-electron chi connectivity index (χ4n) is 2.53. The van der Waals surface area contributed by atoms with Gasteiger partial charge in [0.05, 0.1) is 6.10 Å². The standard InChI is InChI=1S/C15H22ClNO/c1-3-15(11-6-5-7-12(16)8-11)17-13-9-14(10-13)18-4-2/h5-8,13-15,17H,3-4,9-10H2,1-2H3. The van der Waals surface area contributed by atoms with Gasteiger partial charge < -0.3 is 10.1 Å². The molecule has 1 atom stereocenters. The van der Waals surface area contributed by atoms with E-state index in [-0.39, 0.29) is 0 Å². The van der Waals surface area contributed by atoms with E-state index in [4.69, 9.17) is 16.3 Å². The zero-order chi connectivity index (χ0) is 13.0. The van der Waals surface area contributed by atoms with Crippen LogP contribution >= 0.6 is 11.6 Å². The quantitative estimate of drug-likeness (QED) is 0.843. The predicted octanol–water partition coefficient (Wildman–Crippen LogP) is 3.95. The SMILES string of the molecule is CCOC1CC(NC(CC)c2cccc(Cl)c2)C1. The van der Waals surface area contributed by atoms with Gasteiger partial charge >= 0.3 is 0 Å². The second-order valence-electron chi connectivity index (χ2n) is 4.93. The van der Waals surface area contributed by atoms with Crippen LogP contribution in [0.2, 0.25) is 5.02 Å². The maximum atomic E-state index is 6.05. The molecule has 3 heteroatoms. The average Bonchev–Trinajstić information content (AvgIpc) is 2.32. The summed E-state index contributed by atoms with van der Waals surface area (Å²) in [6.07, 6.45) is 3.80. The van der Waals surface area contributed by atoms with Crippen molar-refractivity contribution in [1.82, 2.24) is 5.32 Å². The van der Waals surface area contributed by atoms with Gasteiger partial charge in [-0.3, -0.25) is 0 Å². The molecule has 100 valence electrons. The monoisotopic (exact) mass is 267 g/mol. The normalized spacial score (nSPS) is 24.6. The summed E-state index contributed by atoms with van der Waals surface area (Å²) in [5.41, 5.74) is 1.28. The highest BCUT2D eigenvalue weighted by Gasteiger charge is 2.30. The van der Waals surface area contributed by atoms with Crippen molar-refractivity contribution in [3.63, 3.8) is 0 Å². The predicted molar refractivity (Wildman–Crippen MR) is 76.1 cm³/mol. The number of halogens is 1. The van der Waals surface area contributed by atoms with E-state index in [9.17, 15) is 0 Å². The van der Waals surface area contributed by atoms with Crippen LogP contribution in [0.3, 0.4) is 0 Å². The van der Waals surface area contributed by atoms with E-state index in [2.05, 4.69) is 31.3 Å². The lowest BCUT2D eigenvalue weighted by atomic mass is 9.87. The first-order valence-corrected chi connectivity index (χ1v) is 7.23. The highest BCUT2D eigenvalue weighted by molar-refractivity contribution is 6.30. The molecule has 0 aromatic heterocycles. The van der Waals surface area contributed by atoms with Crippen LogP contribution in [0, 0.1) is 0 Å². The summed E-state index contributed by atoms with van der Waals surface area (Å²) in [6.45, 7) is 5.09. The van der Waals surface area contributed by atoms with Crippen LogP contribution in [0.15, 0.2) is 24.3 Å². The van der Waals surface area contributed by atoms with E-state index in [0.29, 0.717) is 18.2 Å². The van der Waals surface area contributed by atoms with E-state index in [0.717, 1.165) is 30.9 Å². The van der Waals surface area contributed by atoms with Crippen molar-refractivity contribution in [3.8, 4) is 0 Å². The van der Waals surface area contributed by atoms with Crippen molar-refractivity contribution in [1.29, 1.82) is 0 Å². The van der Waals surface area contributed by atoms with Crippen molar-refractivity contribution in [2.24, 2.45) is 0 Å². The molecule has 0 saturated heterocycles. The Bertz CT molecular complexity index is 377. The minimum absolute atomic E-state index is 0.399. The molecular formula is C15H22ClNO. The van der Waals surface area contributed by atoms with E-state index < -0.39 is 0 Å². The molecule has 2 rings (SSSR count). The Hall–Kier alpha value is -0.570. The van der Waals surface area contributed by atoms with Gasteiger partial charge in [-0.05, 0) is 43.9 Å². The van der Waals surface area contributed by atoms with E-state index in [1.165, 1.54) is 5.56 Å². The van der Waals surface area contributed by atoms with Gasteiger partial charge in [-0.15, -0.1) is 0 Å². The Morgan fingerprint density at radius 1 is 1.39 bits per heavy atom. The summed E-state index contributed by atoms with van der Waals surface area (Å²) in [5, 5.41) is 4.51. The third-order valence-electron chi connectivity index (χ3n) is 3.59. The number of benzene rings is 1. The molecule has 18 heavy (non-hydrogen) atoms. The zero-order valence-corrected chi connectivity index (χ0v) is 11.9. The maximum absolute atomic E-state index is 6.05. The Balaban J connectivity index is 1.87. The zero-order valence-electron chi connectivity index (χ0n) is 11.2. The van der Waals surface area contributed by atoms with Crippen LogP contribution in [-0.4, -0.2) is 18.8 Å². The summed E-state index contributed by atoms with van der Waals surface area (Å²) in [7, 11) is 0. The van der Waals surface area contributed by atoms with Crippen LogP contribution in [-0.2, 0) is 4.74 Å². The van der Waals surface area contributed by atoms with E-state index >= 15 is 0 Å². The molecule has 0 radical (unpaired) electrons. The lowest BCUT2D eigenvalue weighted by Gasteiger charge is -2.38. The lowest BCUT2D eigenvalue weighted by molar-refractivity contribution is -0.0126. The molecule has 1 unspecified atom stereocenters. The number of hydrogen-bond donors (Lipinski definition) is 1. The van der Waals surface area contributed by atoms with Crippen LogP contribution in [0.5, 0.6) is 0 Å². The number of rotatable bonds is 6. The first-order chi connectivity index (χ1) is 8.72. The fourth-order valence-corrected chi connectivity index (χ4v) is 2.73. The second kappa shape index (κ2) is 6.55. The summed E-state index contributed by atoms with van der Waals surface area (Å²) in [4.78, 5) is 0. The average molecular weight is 268 g/mol. The minimum Gasteiger partial charge on any atom is -0.378 e. The lowest BCUT2D eigenvalue weighted by Crippen LogP contribution is -2.46. The Labute approximate surface area is 115 Å². The van der Waals surface area contributed by atoms with Gasteiger partial charge in [-0.2, -0.15) is 0 Å². The molecule has 0 amide bonds. The molecule has 1 aliphatic carbocycles. The van der Waals surface area contributed by atoms with Crippen molar-refractivity contribution in [2.75, 3.05) is 6.61 Å². The summed E-state index contributed by atoms with van der Waals surface area (Å²) >= 11 is 6.05. The Morgan fingerprint density at radius 2 is 2.17 bits per heavy atom. The molecule has 0 aliphatic heterocycles. The van der Waals surface area contributed by atoms with Crippen LogP contribution in [0.25, 0.3) is 0 Å². The third kappa shape index (κ3) is 3.47. The van der Waals surface area contributed by atoms with E-state index in [1.807, 2.05) is 12.1 Å². The van der Waals surface area contributed by atoms with Gasteiger partial charge in [0.1, 0.15) is 0 Å². The number of nitrogens with one attached hydrogen (secondary N) is 1. The molecule has 1 N–H and O–H groups in total. The summed E-state index contributed by atoms with van der Waals surface area (Å²) < 4.78 is 5.59. The molecule has 0 spiro atoms. The number of ether oxygens (including phenoxy) is 1. The van der Waals surface area contributed by atoms with Gasteiger partial charge in [-0.1, -0.05) is 30.7 Å². The van der Waals surface area contributed by atoms with Gasteiger partial charge in [0.15, 0.2) is 0 Å². The molecule has 1 saturated carbocycles. The first-order valence-electron chi connectivity index (χ1n) is 6.86. The second-order valence-corrected chi connectivity index (χ2v) is 5.36. The van der Waals surface area contributed by atoms with Crippen molar-refractivity contribution >= 4 is 11.6 Å². The van der Waals surface area contributed by atoms with Crippen LogP contribution in [0.4, 0.5) is 0 Å². The Kier molecular flexibility index (Phi) is 5.04. The van der Waals surface area contributed by atoms with Gasteiger partial charge in [0, 0.05) is 23.7 Å². The van der Waals surface area contributed by atoms with Crippen LogP contribution < -0.4 is 5.32 Å². The molecule has 1 aromatic carbocycles. The summed E-state index contributed by atoms with van der Waals surface area (Å²) in [6, 6.07) is 9.13. The van der Waals surface area contributed by atoms with E-state index in [1.54, 1.807) is 0 Å². The first kappa shape index (κ1) is 13.9.